The van der Waals surface area contributed by atoms with E-state index in [1.54, 1.807) is 13.0 Å². The van der Waals surface area contributed by atoms with E-state index in [0.717, 1.165) is 34.2 Å². The molecular weight excluding hydrogens is 350 g/mol. The fourth-order valence-electron chi connectivity index (χ4n) is 2.91. The third-order valence-corrected chi connectivity index (χ3v) is 5.34. The second kappa shape index (κ2) is 7.39. The Balaban J connectivity index is 1.83. The van der Waals surface area contributed by atoms with Gasteiger partial charge in [-0.3, -0.25) is 0 Å². The summed E-state index contributed by atoms with van der Waals surface area (Å²) in [4.78, 5) is 24.1. The van der Waals surface area contributed by atoms with Crippen LogP contribution in [0.15, 0.2) is 36.4 Å². The molecule has 0 amide bonds. The summed E-state index contributed by atoms with van der Waals surface area (Å²) in [7, 11) is 0. The van der Waals surface area contributed by atoms with Crippen LogP contribution in [0.4, 0.5) is 5.13 Å². The fourth-order valence-corrected chi connectivity index (χ4v) is 3.97. The zero-order chi connectivity index (χ0) is 17.9. The van der Waals surface area contributed by atoms with Gasteiger partial charge in [0.1, 0.15) is 0 Å². The van der Waals surface area contributed by atoms with E-state index in [2.05, 4.69) is 4.90 Å². The van der Waals surface area contributed by atoms with Gasteiger partial charge in [-0.1, -0.05) is 41.7 Å². The number of carbonyl (C=O) groups excluding carboxylic acids is 1. The number of anilines is 1. The molecule has 134 valence electrons. The molecule has 0 radical (unpaired) electrons. The Morgan fingerprint density at radius 3 is 2.73 bits per heavy atom. The molecule has 1 aromatic carbocycles. The molecule has 7 heteroatoms. The zero-order valence-corrected chi connectivity index (χ0v) is 15.3. The van der Waals surface area contributed by atoms with Crippen LogP contribution in [0.3, 0.4) is 0 Å². The number of rotatable bonds is 4. The lowest BCUT2D eigenvalue weighted by molar-refractivity contribution is 0.0529. The van der Waals surface area contributed by atoms with E-state index in [1.165, 1.54) is 11.3 Å². The lowest BCUT2D eigenvalue weighted by atomic mass is 10.1. The lowest BCUT2D eigenvalue weighted by Crippen LogP contribution is -2.36. The molecule has 1 saturated heterocycles. The van der Waals surface area contributed by atoms with Gasteiger partial charge < -0.3 is 14.4 Å². The molecule has 3 heterocycles. The number of ether oxygens (including phenoxy) is 2. The minimum atomic E-state index is -0.339. The van der Waals surface area contributed by atoms with Crippen molar-refractivity contribution >= 4 is 32.8 Å². The Hall–Kier alpha value is -2.51. The Morgan fingerprint density at radius 1 is 1.23 bits per heavy atom. The molecule has 1 fully saturated rings. The van der Waals surface area contributed by atoms with Gasteiger partial charge in [0.2, 0.25) is 0 Å². The van der Waals surface area contributed by atoms with Crippen LogP contribution in [0.1, 0.15) is 17.3 Å². The van der Waals surface area contributed by atoms with E-state index < -0.39 is 0 Å². The fraction of sp³-hybridized carbons (Fsp3) is 0.316. The van der Waals surface area contributed by atoms with Crippen molar-refractivity contribution in [2.75, 3.05) is 37.8 Å². The molecule has 3 aromatic rings. The number of thiazole rings is 1. The van der Waals surface area contributed by atoms with Crippen molar-refractivity contribution in [1.29, 1.82) is 0 Å². The van der Waals surface area contributed by atoms with Crippen LogP contribution in [0.25, 0.3) is 21.6 Å². The van der Waals surface area contributed by atoms with E-state index in [4.69, 9.17) is 19.4 Å². The highest BCUT2D eigenvalue weighted by atomic mass is 32.1. The average Bonchev–Trinajstić information content (AvgIpc) is 3.13. The number of nitrogens with zero attached hydrogens (tertiary/aromatic N) is 3. The summed E-state index contributed by atoms with van der Waals surface area (Å²) in [5.41, 5.74) is 2.77. The smallest absolute Gasteiger partial charge is 0.339 e. The van der Waals surface area contributed by atoms with Crippen molar-refractivity contribution in [3.05, 3.63) is 42.0 Å². The first-order chi connectivity index (χ1) is 12.8. The Morgan fingerprint density at radius 2 is 2.00 bits per heavy atom. The summed E-state index contributed by atoms with van der Waals surface area (Å²) in [6.07, 6.45) is 0. The second-order valence-corrected chi connectivity index (χ2v) is 6.87. The standard InChI is InChI=1S/C19H19N3O3S/c1-2-25-18(23)14-12-15(13-6-4-3-5-7-13)20-17-16(14)26-19(21-17)22-8-10-24-11-9-22/h3-7,12H,2,8-11H2,1H3. The highest BCUT2D eigenvalue weighted by Gasteiger charge is 2.22. The van der Waals surface area contributed by atoms with E-state index in [9.17, 15) is 4.79 Å². The molecule has 0 spiro atoms. The third-order valence-electron chi connectivity index (χ3n) is 4.20. The van der Waals surface area contributed by atoms with Crippen molar-refractivity contribution in [2.24, 2.45) is 0 Å². The predicted octanol–water partition coefficient (Wildman–Crippen LogP) is 3.37. The summed E-state index contributed by atoms with van der Waals surface area (Å²) in [5, 5.41) is 0.867. The predicted molar refractivity (Wildman–Crippen MR) is 102 cm³/mol. The lowest BCUT2D eigenvalue weighted by Gasteiger charge is -2.25. The number of morpholine rings is 1. The summed E-state index contributed by atoms with van der Waals surface area (Å²) < 4.78 is 11.4. The number of hydrogen-bond acceptors (Lipinski definition) is 7. The second-order valence-electron chi connectivity index (χ2n) is 5.89. The van der Waals surface area contributed by atoms with Crippen LogP contribution in [0, 0.1) is 0 Å². The van der Waals surface area contributed by atoms with Crippen LogP contribution >= 0.6 is 11.3 Å². The first-order valence-electron chi connectivity index (χ1n) is 8.63. The molecule has 2 aromatic heterocycles. The summed E-state index contributed by atoms with van der Waals surface area (Å²) >= 11 is 1.48. The van der Waals surface area contributed by atoms with E-state index >= 15 is 0 Å². The van der Waals surface area contributed by atoms with Gasteiger partial charge in [0, 0.05) is 18.7 Å². The molecule has 0 atom stereocenters. The van der Waals surface area contributed by atoms with Gasteiger partial charge >= 0.3 is 5.97 Å². The van der Waals surface area contributed by atoms with Gasteiger partial charge in [-0.25, -0.2) is 9.78 Å². The van der Waals surface area contributed by atoms with Crippen LogP contribution in [0.2, 0.25) is 0 Å². The first-order valence-corrected chi connectivity index (χ1v) is 9.44. The molecule has 0 bridgehead atoms. The maximum Gasteiger partial charge on any atom is 0.339 e. The molecule has 0 aliphatic carbocycles. The van der Waals surface area contributed by atoms with Crippen LogP contribution in [-0.2, 0) is 9.47 Å². The number of benzene rings is 1. The van der Waals surface area contributed by atoms with Gasteiger partial charge in [-0.15, -0.1) is 0 Å². The number of esters is 1. The number of hydrogen-bond donors (Lipinski definition) is 0. The zero-order valence-electron chi connectivity index (χ0n) is 14.5. The van der Waals surface area contributed by atoms with Gasteiger partial charge in [0.25, 0.3) is 0 Å². The largest absolute Gasteiger partial charge is 0.462 e. The van der Waals surface area contributed by atoms with Crippen LogP contribution in [0.5, 0.6) is 0 Å². The topological polar surface area (TPSA) is 64.5 Å². The van der Waals surface area contributed by atoms with E-state index in [1.807, 2.05) is 30.3 Å². The minimum Gasteiger partial charge on any atom is -0.462 e. The highest BCUT2D eigenvalue weighted by Crippen LogP contribution is 2.33. The third kappa shape index (κ3) is 3.27. The van der Waals surface area contributed by atoms with Crippen molar-refractivity contribution in [3.8, 4) is 11.3 Å². The Kier molecular flexibility index (Phi) is 4.81. The highest BCUT2D eigenvalue weighted by molar-refractivity contribution is 7.22. The maximum atomic E-state index is 12.5. The van der Waals surface area contributed by atoms with Gasteiger partial charge in [0.15, 0.2) is 10.8 Å². The molecule has 1 aliphatic heterocycles. The van der Waals surface area contributed by atoms with E-state index in [0.29, 0.717) is 31.0 Å². The average molecular weight is 369 g/mol. The molecule has 0 N–H and O–H groups in total. The van der Waals surface area contributed by atoms with Crippen molar-refractivity contribution < 1.29 is 14.3 Å². The van der Waals surface area contributed by atoms with Crippen molar-refractivity contribution in [3.63, 3.8) is 0 Å². The number of aromatic nitrogens is 2. The van der Waals surface area contributed by atoms with Gasteiger partial charge in [-0.2, -0.15) is 4.98 Å². The molecular formula is C19H19N3O3S. The molecule has 26 heavy (non-hydrogen) atoms. The molecule has 4 rings (SSSR count). The minimum absolute atomic E-state index is 0.332. The van der Waals surface area contributed by atoms with Crippen molar-refractivity contribution in [2.45, 2.75) is 6.92 Å². The van der Waals surface area contributed by atoms with Crippen molar-refractivity contribution in [1.82, 2.24) is 9.97 Å². The molecule has 0 saturated carbocycles. The maximum absolute atomic E-state index is 12.5. The molecule has 6 nitrogen and oxygen atoms in total. The summed E-state index contributed by atoms with van der Waals surface area (Å²) in [6, 6.07) is 11.6. The first kappa shape index (κ1) is 16.9. The number of carbonyl (C=O) groups is 1. The summed E-state index contributed by atoms with van der Waals surface area (Å²) in [6.45, 7) is 5.09. The quantitative estimate of drug-likeness (QED) is 0.657. The van der Waals surface area contributed by atoms with Gasteiger partial charge in [-0.05, 0) is 13.0 Å². The number of pyridine rings is 1. The SMILES string of the molecule is CCOC(=O)c1cc(-c2ccccc2)nc2nc(N3CCOCC3)sc12. The van der Waals surface area contributed by atoms with Crippen LogP contribution in [-0.4, -0.2) is 48.8 Å². The molecule has 1 aliphatic rings. The number of fused-ring (bicyclic) bond motifs is 1. The Bertz CT molecular complexity index is 920. The molecule has 0 unspecified atom stereocenters. The van der Waals surface area contributed by atoms with E-state index in [-0.39, 0.29) is 5.97 Å². The van der Waals surface area contributed by atoms with Gasteiger partial charge in [0.05, 0.1) is 35.8 Å². The monoisotopic (exact) mass is 369 g/mol. The van der Waals surface area contributed by atoms with Crippen LogP contribution < -0.4 is 4.90 Å². The normalized spacial score (nSPS) is 14.6. The summed E-state index contributed by atoms with van der Waals surface area (Å²) in [5.74, 6) is -0.339. The Labute approximate surface area is 155 Å².